The van der Waals surface area contributed by atoms with Crippen molar-refractivity contribution in [1.82, 2.24) is 9.21 Å². The van der Waals surface area contributed by atoms with Crippen molar-refractivity contribution in [2.45, 2.75) is 37.6 Å². The maximum Gasteiger partial charge on any atom is 0.253 e. The summed E-state index contributed by atoms with van der Waals surface area (Å²) in [6.45, 7) is 5.32. The normalized spacial score (nSPS) is 29.7. The van der Waals surface area contributed by atoms with E-state index in [2.05, 4.69) is 0 Å². The number of fused-ring (bicyclic) bond motifs is 1. The monoisotopic (exact) mass is 454 g/mol. The highest BCUT2D eigenvalue weighted by Gasteiger charge is 2.41. The number of likely N-dealkylation sites (tertiary alicyclic amines) is 1. The molecule has 3 aliphatic heterocycles. The number of nitrogens with zero attached hydrogens (tertiary/aromatic N) is 2. The number of hydrogen-bond acceptors (Lipinski definition) is 4. The Morgan fingerprint density at radius 1 is 0.969 bits per heavy atom. The molecule has 0 radical (unpaired) electrons. The van der Waals surface area contributed by atoms with E-state index in [0.717, 1.165) is 43.9 Å². The Morgan fingerprint density at radius 2 is 1.62 bits per heavy atom. The lowest BCUT2D eigenvalue weighted by atomic mass is 10.0. The fourth-order valence-electron chi connectivity index (χ4n) is 5.32. The van der Waals surface area contributed by atoms with Crippen LogP contribution in [0, 0.1) is 11.8 Å². The van der Waals surface area contributed by atoms with E-state index in [1.54, 1.807) is 4.31 Å². The molecule has 3 saturated heterocycles. The Hall–Kier alpha value is -2.22. The Morgan fingerprint density at radius 3 is 2.28 bits per heavy atom. The zero-order valence-corrected chi connectivity index (χ0v) is 19.2. The summed E-state index contributed by atoms with van der Waals surface area (Å²) in [7, 11) is -3.47. The summed E-state index contributed by atoms with van der Waals surface area (Å²) in [5, 5.41) is -0.501. The molecule has 32 heavy (non-hydrogen) atoms. The first-order valence-corrected chi connectivity index (χ1v) is 13.0. The molecule has 0 spiro atoms. The Labute approximate surface area is 190 Å². The van der Waals surface area contributed by atoms with Crippen LogP contribution in [0.3, 0.4) is 0 Å². The number of amides is 1. The van der Waals surface area contributed by atoms with Crippen LogP contribution in [0.5, 0.6) is 0 Å². The number of ether oxygens (including phenoxy) is 1. The molecule has 0 bridgehead atoms. The fourth-order valence-corrected chi connectivity index (χ4v) is 7.52. The van der Waals surface area contributed by atoms with E-state index >= 15 is 0 Å². The van der Waals surface area contributed by atoms with Crippen molar-refractivity contribution in [3.8, 4) is 0 Å². The second-order valence-corrected chi connectivity index (χ2v) is 11.4. The molecule has 2 aromatic rings. The lowest BCUT2D eigenvalue weighted by molar-refractivity contribution is 0.0751. The van der Waals surface area contributed by atoms with Gasteiger partial charge in [0.1, 0.15) is 5.25 Å². The van der Waals surface area contributed by atoms with Gasteiger partial charge < -0.3 is 9.64 Å². The van der Waals surface area contributed by atoms with Crippen LogP contribution in [-0.2, 0) is 21.3 Å². The van der Waals surface area contributed by atoms with E-state index in [1.807, 2.05) is 66.4 Å². The zero-order chi connectivity index (χ0) is 22.3. The van der Waals surface area contributed by atoms with Gasteiger partial charge in [-0.05, 0) is 43.0 Å². The maximum atomic E-state index is 13.4. The van der Waals surface area contributed by atoms with E-state index in [9.17, 15) is 13.2 Å². The number of carbonyl (C=O) groups is 1. The SMILES string of the molecule is CC1CCC(c2ccccc2)S(=O)(=O)N1Cc1ccc(C(=O)N2CC3COCC3C2)cc1. The van der Waals surface area contributed by atoms with Crippen LogP contribution < -0.4 is 0 Å². The van der Waals surface area contributed by atoms with Crippen LogP contribution >= 0.6 is 0 Å². The average molecular weight is 455 g/mol. The molecule has 1 amide bonds. The molecular weight excluding hydrogens is 424 g/mol. The topological polar surface area (TPSA) is 66.9 Å². The third-order valence-corrected chi connectivity index (χ3v) is 9.63. The third kappa shape index (κ3) is 3.98. The van der Waals surface area contributed by atoms with Crippen molar-refractivity contribution in [3.63, 3.8) is 0 Å². The van der Waals surface area contributed by atoms with Crippen LogP contribution in [0.25, 0.3) is 0 Å². The highest BCUT2D eigenvalue weighted by atomic mass is 32.2. The lowest BCUT2D eigenvalue weighted by Gasteiger charge is -2.37. The second-order valence-electron chi connectivity index (χ2n) is 9.38. The van der Waals surface area contributed by atoms with Crippen molar-refractivity contribution in [2.24, 2.45) is 11.8 Å². The molecule has 0 aromatic heterocycles. The Kier molecular flexibility index (Phi) is 5.82. The zero-order valence-electron chi connectivity index (χ0n) is 18.4. The molecule has 4 unspecified atom stereocenters. The molecule has 4 atom stereocenters. The van der Waals surface area contributed by atoms with Gasteiger partial charge >= 0.3 is 0 Å². The van der Waals surface area contributed by atoms with Crippen molar-refractivity contribution in [3.05, 3.63) is 71.3 Å². The summed E-state index contributed by atoms with van der Waals surface area (Å²) in [4.78, 5) is 14.8. The minimum Gasteiger partial charge on any atom is -0.381 e. The predicted octanol–water partition coefficient (Wildman–Crippen LogP) is 3.46. The summed E-state index contributed by atoms with van der Waals surface area (Å²) in [6, 6.07) is 16.9. The van der Waals surface area contributed by atoms with Gasteiger partial charge in [-0.15, -0.1) is 0 Å². The lowest BCUT2D eigenvalue weighted by Crippen LogP contribution is -2.44. The summed E-state index contributed by atoms with van der Waals surface area (Å²) in [6.07, 6.45) is 1.47. The van der Waals surface area contributed by atoms with Gasteiger partial charge in [-0.1, -0.05) is 42.5 Å². The van der Waals surface area contributed by atoms with Gasteiger partial charge in [-0.25, -0.2) is 8.42 Å². The molecule has 0 saturated carbocycles. The average Bonchev–Trinajstić information content (AvgIpc) is 3.40. The van der Waals surface area contributed by atoms with Crippen molar-refractivity contribution < 1.29 is 17.9 Å². The third-order valence-electron chi connectivity index (χ3n) is 7.26. The van der Waals surface area contributed by atoms with Gasteiger partial charge in [0.05, 0.1) is 13.2 Å². The van der Waals surface area contributed by atoms with Crippen LogP contribution in [0.4, 0.5) is 0 Å². The highest BCUT2D eigenvalue weighted by Crippen LogP contribution is 2.38. The molecule has 7 heteroatoms. The molecule has 3 heterocycles. The molecular formula is C25H30N2O4S. The molecule has 2 aromatic carbocycles. The van der Waals surface area contributed by atoms with E-state index in [-0.39, 0.29) is 11.9 Å². The van der Waals surface area contributed by atoms with Crippen molar-refractivity contribution in [1.29, 1.82) is 0 Å². The van der Waals surface area contributed by atoms with Crippen LogP contribution in [0.15, 0.2) is 54.6 Å². The number of rotatable bonds is 4. The number of sulfonamides is 1. The Bertz CT molecular complexity index is 1060. The van der Waals surface area contributed by atoms with Crippen molar-refractivity contribution in [2.75, 3.05) is 26.3 Å². The van der Waals surface area contributed by atoms with Crippen LogP contribution in [0.1, 0.15) is 46.5 Å². The molecule has 3 fully saturated rings. The maximum absolute atomic E-state index is 13.4. The molecule has 0 aliphatic carbocycles. The molecule has 0 N–H and O–H groups in total. The molecule has 5 rings (SSSR count). The molecule has 6 nitrogen and oxygen atoms in total. The minimum atomic E-state index is -3.47. The summed E-state index contributed by atoms with van der Waals surface area (Å²) < 4.78 is 34.0. The largest absolute Gasteiger partial charge is 0.381 e. The van der Waals surface area contributed by atoms with Gasteiger partial charge in [0, 0.05) is 43.1 Å². The van der Waals surface area contributed by atoms with Gasteiger partial charge in [0.25, 0.3) is 5.91 Å². The van der Waals surface area contributed by atoms with E-state index < -0.39 is 15.3 Å². The summed E-state index contributed by atoms with van der Waals surface area (Å²) >= 11 is 0. The van der Waals surface area contributed by atoms with E-state index in [1.165, 1.54) is 0 Å². The predicted molar refractivity (Wildman–Crippen MR) is 122 cm³/mol. The van der Waals surface area contributed by atoms with Gasteiger partial charge in [0.15, 0.2) is 0 Å². The first-order valence-electron chi connectivity index (χ1n) is 11.4. The van der Waals surface area contributed by atoms with Crippen molar-refractivity contribution >= 4 is 15.9 Å². The molecule has 3 aliphatic rings. The fraction of sp³-hybridized carbons (Fsp3) is 0.480. The first kappa shape index (κ1) is 21.6. The van der Waals surface area contributed by atoms with E-state index in [0.29, 0.717) is 30.4 Å². The van der Waals surface area contributed by atoms with Crippen LogP contribution in [-0.4, -0.2) is 55.9 Å². The number of benzene rings is 2. The van der Waals surface area contributed by atoms with Gasteiger partial charge in [0.2, 0.25) is 10.0 Å². The van der Waals surface area contributed by atoms with Crippen LogP contribution in [0.2, 0.25) is 0 Å². The van der Waals surface area contributed by atoms with Gasteiger partial charge in [-0.2, -0.15) is 4.31 Å². The van der Waals surface area contributed by atoms with Gasteiger partial charge in [-0.3, -0.25) is 4.79 Å². The standard InChI is InChI=1S/C25H30N2O4S/c1-18-7-12-24(20-5-3-2-4-6-20)32(29,30)27(18)13-19-8-10-21(11-9-19)25(28)26-14-22-16-31-17-23(22)15-26/h2-6,8-11,18,22-24H,7,12-17H2,1H3. The summed E-state index contributed by atoms with van der Waals surface area (Å²) in [5.41, 5.74) is 2.41. The smallest absolute Gasteiger partial charge is 0.253 e. The quantitative estimate of drug-likeness (QED) is 0.710. The number of hydrogen-bond donors (Lipinski definition) is 0. The molecule has 170 valence electrons. The highest BCUT2D eigenvalue weighted by molar-refractivity contribution is 7.89. The Balaban J connectivity index is 1.29. The van der Waals surface area contributed by atoms with E-state index in [4.69, 9.17) is 4.74 Å². The second kappa shape index (κ2) is 8.61. The first-order chi connectivity index (χ1) is 15.4. The minimum absolute atomic E-state index is 0.0486. The number of carbonyl (C=O) groups excluding carboxylic acids is 1. The summed E-state index contributed by atoms with van der Waals surface area (Å²) in [5.74, 6) is 0.970.